The monoisotopic (exact) mass is 556 g/mol. The number of carbonyl (C=O) groups is 1. The zero-order valence-electron chi connectivity index (χ0n) is 22.4. The molecule has 1 aromatic heterocycles. The van der Waals surface area contributed by atoms with Crippen LogP contribution in [0.25, 0.3) is 6.08 Å². The summed E-state index contributed by atoms with van der Waals surface area (Å²) in [6.45, 7) is 4.83. The summed E-state index contributed by atoms with van der Waals surface area (Å²) in [4.78, 5) is 17.5. The first-order chi connectivity index (χ1) is 18.2. The molecular formula is C29H36N2O5S2. The van der Waals surface area contributed by atoms with E-state index in [-0.39, 0.29) is 19.0 Å². The van der Waals surface area contributed by atoms with Gasteiger partial charge >= 0.3 is 0 Å². The van der Waals surface area contributed by atoms with E-state index in [9.17, 15) is 13.2 Å². The van der Waals surface area contributed by atoms with Gasteiger partial charge in [0.1, 0.15) is 0 Å². The molecule has 0 N–H and O–H groups in total. The number of sulfonamides is 1. The summed E-state index contributed by atoms with van der Waals surface area (Å²) in [5, 5.41) is 1.18. The maximum absolute atomic E-state index is 13.6. The van der Waals surface area contributed by atoms with Crippen LogP contribution in [-0.4, -0.2) is 57.4 Å². The lowest BCUT2D eigenvalue weighted by Crippen LogP contribution is -2.43. The third kappa shape index (κ3) is 8.44. The molecule has 0 fully saturated rings. The highest BCUT2D eigenvalue weighted by atomic mass is 32.2. The molecule has 0 aliphatic carbocycles. The van der Waals surface area contributed by atoms with E-state index in [0.29, 0.717) is 37.4 Å². The summed E-state index contributed by atoms with van der Waals surface area (Å²) in [5.74, 6) is 1.03. The Bertz CT molecular complexity index is 1320. The van der Waals surface area contributed by atoms with Gasteiger partial charge in [-0.2, -0.15) is 4.31 Å². The van der Waals surface area contributed by atoms with Gasteiger partial charge < -0.3 is 14.4 Å². The lowest BCUT2D eigenvalue weighted by atomic mass is 10.1. The molecule has 0 bridgehead atoms. The van der Waals surface area contributed by atoms with Crippen LogP contribution in [0.2, 0.25) is 0 Å². The molecule has 0 spiro atoms. The normalized spacial score (nSPS) is 11.7. The molecule has 3 aromatic rings. The van der Waals surface area contributed by atoms with Crippen molar-refractivity contribution < 1.29 is 22.7 Å². The Balaban J connectivity index is 1.79. The van der Waals surface area contributed by atoms with Crippen molar-refractivity contribution in [1.82, 2.24) is 9.21 Å². The van der Waals surface area contributed by atoms with Gasteiger partial charge in [-0.15, -0.1) is 11.3 Å². The molecule has 7 nitrogen and oxygen atoms in total. The van der Waals surface area contributed by atoms with Crippen LogP contribution in [0.4, 0.5) is 0 Å². The number of rotatable bonds is 14. The Labute approximate surface area is 230 Å². The van der Waals surface area contributed by atoms with Gasteiger partial charge in [-0.25, -0.2) is 8.42 Å². The third-order valence-corrected chi connectivity index (χ3v) is 8.49. The van der Waals surface area contributed by atoms with Crippen LogP contribution in [0.5, 0.6) is 11.5 Å². The van der Waals surface area contributed by atoms with Crippen molar-refractivity contribution in [3.05, 3.63) is 87.0 Å². The smallest absolute Gasteiger partial charge is 0.238 e. The summed E-state index contributed by atoms with van der Waals surface area (Å²) in [7, 11) is -0.608. The highest BCUT2D eigenvalue weighted by molar-refractivity contribution is 7.92. The van der Waals surface area contributed by atoms with E-state index >= 15 is 0 Å². The van der Waals surface area contributed by atoms with Crippen LogP contribution in [0.15, 0.2) is 66.1 Å². The average molecular weight is 557 g/mol. The van der Waals surface area contributed by atoms with Gasteiger partial charge in [0.2, 0.25) is 15.9 Å². The molecule has 0 saturated carbocycles. The van der Waals surface area contributed by atoms with E-state index in [2.05, 4.69) is 0 Å². The van der Waals surface area contributed by atoms with Crippen molar-refractivity contribution in [2.45, 2.75) is 33.2 Å². The number of benzene rings is 2. The minimum atomic E-state index is -3.79. The quantitative estimate of drug-likeness (QED) is 0.267. The Hall–Kier alpha value is -3.14. The van der Waals surface area contributed by atoms with Gasteiger partial charge in [-0.05, 0) is 61.2 Å². The molecular weight excluding hydrogens is 520 g/mol. The number of amides is 1. The fraction of sp³-hybridized carbons (Fsp3) is 0.345. The minimum absolute atomic E-state index is 0.217. The molecule has 204 valence electrons. The molecule has 0 saturated heterocycles. The molecule has 0 radical (unpaired) electrons. The number of hydrogen-bond acceptors (Lipinski definition) is 6. The van der Waals surface area contributed by atoms with E-state index in [1.165, 1.54) is 9.71 Å². The van der Waals surface area contributed by atoms with E-state index in [4.69, 9.17) is 9.47 Å². The Morgan fingerprint density at radius 1 is 0.974 bits per heavy atom. The van der Waals surface area contributed by atoms with E-state index < -0.39 is 10.0 Å². The molecule has 2 aromatic carbocycles. The number of thiophene rings is 1. The number of hydrogen-bond donors (Lipinski definition) is 0. The topological polar surface area (TPSA) is 76.2 Å². The maximum Gasteiger partial charge on any atom is 0.238 e. The Kier molecular flexibility index (Phi) is 10.9. The first kappa shape index (κ1) is 29.4. The van der Waals surface area contributed by atoms with Crippen LogP contribution >= 0.6 is 11.3 Å². The minimum Gasteiger partial charge on any atom is -0.493 e. The van der Waals surface area contributed by atoms with Gasteiger partial charge in [-0.3, -0.25) is 4.79 Å². The summed E-state index contributed by atoms with van der Waals surface area (Å²) >= 11 is 1.63. The van der Waals surface area contributed by atoms with Crippen molar-refractivity contribution in [2.75, 3.05) is 33.9 Å². The summed E-state index contributed by atoms with van der Waals surface area (Å²) in [5.41, 5.74) is 1.77. The SMILES string of the molecule is CCCN(CC(=O)N(CCc1ccc(OC)c(OC)c1)Cc1ccc(C)s1)S(=O)(=O)C=Cc1ccccc1. The van der Waals surface area contributed by atoms with Gasteiger partial charge in [0, 0.05) is 28.3 Å². The highest BCUT2D eigenvalue weighted by Gasteiger charge is 2.25. The van der Waals surface area contributed by atoms with Crippen molar-refractivity contribution in [3.8, 4) is 11.5 Å². The molecule has 1 amide bonds. The van der Waals surface area contributed by atoms with Crippen LogP contribution in [-0.2, 0) is 27.8 Å². The summed E-state index contributed by atoms with van der Waals surface area (Å²) in [6, 6.07) is 19.0. The molecule has 38 heavy (non-hydrogen) atoms. The number of carbonyl (C=O) groups excluding carboxylic acids is 1. The second kappa shape index (κ2) is 14.1. The number of ether oxygens (including phenoxy) is 2. The standard InChI is InChI=1S/C29H36N2O5S2/c1-5-17-31(38(33,34)19-16-24-9-7-6-8-10-24)22-29(32)30(21-26-13-11-23(2)37-26)18-15-25-12-14-27(35-3)28(20-25)36-4/h6-14,16,19-20H,5,15,17-18,21-22H2,1-4H3. The third-order valence-electron chi connectivity index (χ3n) is 5.99. The highest BCUT2D eigenvalue weighted by Crippen LogP contribution is 2.28. The second-order valence-electron chi connectivity index (χ2n) is 8.86. The van der Waals surface area contributed by atoms with Crippen molar-refractivity contribution >= 4 is 33.3 Å². The zero-order chi connectivity index (χ0) is 27.5. The predicted molar refractivity (Wildman–Crippen MR) is 154 cm³/mol. The van der Waals surface area contributed by atoms with Crippen LogP contribution < -0.4 is 9.47 Å². The van der Waals surface area contributed by atoms with E-state index in [1.54, 1.807) is 36.5 Å². The molecule has 0 aliphatic heterocycles. The molecule has 9 heteroatoms. The second-order valence-corrected chi connectivity index (χ2v) is 12.0. The lowest BCUT2D eigenvalue weighted by molar-refractivity contribution is -0.132. The summed E-state index contributed by atoms with van der Waals surface area (Å²) < 4.78 is 38.3. The molecule has 3 rings (SSSR count). The molecule has 0 unspecified atom stereocenters. The van der Waals surface area contributed by atoms with E-state index in [1.807, 2.05) is 74.5 Å². The van der Waals surface area contributed by atoms with Gasteiger partial charge in [-0.1, -0.05) is 43.3 Å². The molecule has 0 atom stereocenters. The molecule has 1 heterocycles. The first-order valence-corrected chi connectivity index (χ1v) is 14.8. The fourth-order valence-corrected chi connectivity index (χ4v) is 6.10. The van der Waals surface area contributed by atoms with Crippen molar-refractivity contribution in [3.63, 3.8) is 0 Å². The largest absolute Gasteiger partial charge is 0.493 e. The summed E-state index contributed by atoms with van der Waals surface area (Å²) in [6.07, 6.45) is 2.75. The van der Waals surface area contributed by atoms with Crippen LogP contribution in [0, 0.1) is 6.92 Å². The van der Waals surface area contributed by atoms with Gasteiger partial charge in [0.05, 0.1) is 27.3 Å². The number of aryl methyl sites for hydroxylation is 1. The number of methoxy groups -OCH3 is 2. The average Bonchev–Trinajstić information content (AvgIpc) is 3.34. The first-order valence-electron chi connectivity index (χ1n) is 12.5. The van der Waals surface area contributed by atoms with Crippen molar-refractivity contribution in [2.24, 2.45) is 0 Å². The Morgan fingerprint density at radius 3 is 2.34 bits per heavy atom. The predicted octanol–water partition coefficient (Wildman–Crippen LogP) is 5.36. The van der Waals surface area contributed by atoms with Gasteiger partial charge in [0.25, 0.3) is 0 Å². The lowest BCUT2D eigenvalue weighted by Gasteiger charge is -2.26. The van der Waals surface area contributed by atoms with E-state index in [0.717, 1.165) is 20.9 Å². The number of nitrogens with zero attached hydrogens (tertiary/aromatic N) is 2. The van der Waals surface area contributed by atoms with Crippen LogP contribution in [0.3, 0.4) is 0 Å². The Morgan fingerprint density at radius 2 is 1.71 bits per heavy atom. The maximum atomic E-state index is 13.6. The van der Waals surface area contributed by atoms with Crippen LogP contribution in [0.1, 0.15) is 34.2 Å². The molecule has 0 aliphatic rings. The fourth-order valence-electron chi connectivity index (χ4n) is 3.96. The van der Waals surface area contributed by atoms with Crippen molar-refractivity contribution in [1.29, 1.82) is 0 Å². The zero-order valence-corrected chi connectivity index (χ0v) is 24.1. The van der Waals surface area contributed by atoms with Gasteiger partial charge in [0.15, 0.2) is 11.5 Å².